The highest BCUT2D eigenvalue weighted by molar-refractivity contribution is 7.89. The highest BCUT2D eigenvalue weighted by Gasteiger charge is 2.28. The quantitative estimate of drug-likeness (QED) is 0.414. The van der Waals surface area contributed by atoms with Gasteiger partial charge >= 0.3 is 0 Å². The van der Waals surface area contributed by atoms with E-state index in [-0.39, 0.29) is 32.1 Å². The summed E-state index contributed by atoms with van der Waals surface area (Å²) in [5, 5.41) is 3.43. The van der Waals surface area contributed by atoms with Gasteiger partial charge in [0, 0.05) is 10.0 Å². The van der Waals surface area contributed by atoms with Crippen molar-refractivity contribution < 1.29 is 13.2 Å². The Morgan fingerprint density at radius 1 is 0.839 bits per heavy atom. The van der Waals surface area contributed by atoms with E-state index in [1.54, 1.807) is 30.3 Å². The topological polar surface area (TPSA) is 75.3 Å². The Labute approximate surface area is 200 Å². The first-order valence-electron chi connectivity index (χ1n) is 8.93. The van der Waals surface area contributed by atoms with Crippen LogP contribution in [0.3, 0.4) is 0 Å². The van der Waals surface area contributed by atoms with E-state index < -0.39 is 22.0 Å². The van der Waals surface area contributed by atoms with Gasteiger partial charge in [0.1, 0.15) is 10.9 Å². The molecule has 5 nitrogen and oxygen atoms in total. The van der Waals surface area contributed by atoms with Gasteiger partial charge in [-0.2, -0.15) is 4.72 Å². The summed E-state index contributed by atoms with van der Waals surface area (Å²) >= 11 is 24.1. The van der Waals surface area contributed by atoms with Crippen LogP contribution >= 0.6 is 46.4 Å². The van der Waals surface area contributed by atoms with E-state index in [9.17, 15) is 13.2 Å². The molecule has 0 aliphatic carbocycles. The molecule has 3 rings (SSSR count). The zero-order valence-corrected chi connectivity index (χ0v) is 19.6. The second-order valence-electron chi connectivity index (χ2n) is 6.55. The van der Waals surface area contributed by atoms with Crippen LogP contribution in [0.15, 0.2) is 71.6 Å². The largest absolute Gasteiger partial charge is 0.323 e. The third-order valence-electron chi connectivity index (χ3n) is 4.27. The normalized spacial score (nSPS) is 12.4. The average molecular weight is 518 g/mol. The number of amides is 1. The monoisotopic (exact) mass is 516 g/mol. The fraction of sp³-hybridized carbons (Fsp3) is 0.0952. The van der Waals surface area contributed by atoms with Gasteiger partial charge in [-0.25, -0.2) is 8.42 Å². The van der Waals surface area contributed by atoms with Crippen LogP contribution in [0.4, 0.5) is 5.69 Å². The van der Waals surface area contributed by atoms with E-state index >= 15 is 0 Å². The number of anilines is 1. The zero-order valence-electron chi connectivity index (χ0n) is 15.8. The standard InChI is InChI=1S/C21H16Cl4N2O3S/c22-14-6-8-16(24)18(11-14)26-21(28)19(10-13-4-2-1-3-5-13)27-31(29,30)20-12-15(23)7-9-17(20)25/h1-9,11-12,19,27H,10H2,(H,26,28)/t19-/m1/s1. The maximum Gasteiger partial charge on any atom is 0.242 e. The van der Waals surface area contributed by atoms with Crippen LogP contribution < -0.4 is 10.0 Å². The zero-order chi connectivity index (χ0) is 22.6. The van der Waals surface area contributed by atoms with Crippen molar-refractivity contribution in [3.05, 3.63) is 92.4 Å². The number of hydrogen-bond donors (Lipinski definition) is 2. The number of hydrogen-bond acceptors (Lipinski definition) is 3. The van der Waals surface area contributed by atoms with Crippen LogP contribution in [0, 0.1) is 0 Å². The first kappa shape index (κ1) is 23.9. The van der Waals surface area contributed by atoms with Gasteiger partial charge in [0.25, 0.3) is 0 Å². The lowest BCUT2D eigenvalue weighted by atomic mass is 10.1. The molecule has 0 bridgehead atoms. The smallest absolute Gasteiger partial charge is 0.242 e. The summed E-state index contributed by atoms with van der Waals surface area (Å²) in [6.45, 7) is 0. The SMILES string of the molecule is O=C(Nc1cc(Cl)ccc1Cl)[C@@H](Cc1ccccc1)NS(=O)(=O)c1cc(Cl)ccc1Cl. The molecule has 0 spiro atoms. The number of carbonyl (C=O) groups is 1. The molecule has 2 N–H and O–H groups in total. The molecule has 162 valence electrons. The first-order chi connectivity index (χ1) is 14.7. The number of rotatable bonds is 7. The van der Waals surface area contributed by atoms with Crippen molar-refractivity contribution >= 4 is 68.0 Å². The van der Waals surface area contributed by atoms with E-state index in [4.69, 9.17) is 46.4 Å². The van der Waals surface area contributed by atoms with Crippen LogP contribution in [-0.4, -0.2) is 20.4 Å². The second kappa shape index (κ2) is 10.2. The molecule has 0 saturated heterocycles. The number of halogens is 4. The van der Waals surface area contributed by atoms with Crippen molar-refractivity contribution in [3.8, 4) is 0 Å². The van der Waals surface area contributed by atoms with Gasteiger partial charge in [-0.1, -0.05) is 76.7 Å². The number of nitrogens with one attached hydrogen (secondary N) is 2. The summed E-state index contributed by atoms with van der Waals surface area (Å²) in [4.78, 5) is 12.8. The molecule has 0 unspecified atom stereocenters. The van der Waals surface area contributed by atoms with Gasteiger partial charge in [-0.15, -0.1) is 0 Å². The minimum Gasteiger partial charge on any atom is -0.323 e. The first-order valence-corrected chi connectivity index (χ1v) is 11.9. The van der Waals surface area contributed by atoms with Gasteiger partial charge in [0.2, 0.25) is 15.9 Å². The number of carbonyl (C=O) groups excluding carboxylic acids is 1. The van der Waals surface area contributed by atoms with E-state index in [0.717, 1.165) is 5.56 Å². The minimum atomic E-state index is -4.17. The summed E-state index contributed by atoms with van der Waals surface area (Å²) in [7, 11) is -4.17. The van der Waals surface area contributed by atoms with Crippen molar-refractivity contribution in [2.45, 2.75) is 17.4 Å². The van der Waals surface area contributed by atoms with Crippen molar-refractivity contribution in [2.75, 3.05) is 5.32 Å². The number of sulfonamides is 1. The molecule has 0 aliphatic heterocycles. The fourth-order valence-corrected chi connectivity index (χ4v) is 5.08. The Hall–Kier alpha value is -1.80. The average Bonchev–Trinajstić information content (AvgIpc) is 2.72. The van der Waals surface area contributed by atoms with Gasteiger partial charge in [0.15, 0.2) is 0 Å². The molecular weight excluding hydrogens is 502 g/mol. The van der Waals surface area contributed by atoms with Gasteiger partial charge in [-0.3, -0.25) is 4.79 Å². The predicted octanol–water partition coefficient (Wildman–Crippen LogP) is 5.83. The molecule has 0 radical (unpaired) electrons. The molecule has 3 aromatic rings. The fourth-order valence-electron chi connectivity index (χ4n) is 2.78. The lowest BCUT2D eigenvalue weighted by molar-refractivity contribution is -0.117. The number of benzene rings is 3. The molecule has 0 fully saturated rings. The molecule has 0 aliphatic rings. The highest BCUT2D eigenvalue weighted by Crippen LogP contribution is 2.27. The Bertz CT molecular complexity index is 1200. The third kappa shape index (κ3) is 6.35. The molecule has 0 aromatic heterocycles. The summed E-state index contributed by atoms with van der Waals surface area (Å²) in [5.74, 6) is -0.616. The molecule has 31 heavy (non-hydrogen) atoms. The molecule has 10 heteroatoms. The van der Waals surface area contributed by atoms with Crippen LogP contribution in [0.25, 0.3) is 0 Å². The van der Waals surface area contributed by atoms with Crippen LogP contribution in [0.1, 0.15) is 5.56 Å². The Balaban J connectivity index is 1.93. The molecule has 0 heterocycles. The van der Waals surface area contributed by atoms with Crippen LogP contribution in [0.5, 0.6) is 0 Å². The molecule has 3 aromatic carbocycles. The van der Waals surface area contributed by atoms with Gasteiger partial charge < -0.3 is 5.32 Å². The molecule has 1 amide bonds. The minimum absolute atomic E-state index is 0.0198. The third-order valence-corrected chi connectivity index (χ3v) is 7.02. The molecule has 1 atom stereocenters. The lowest BCUT2D eigenvalue weighted by Gasteiger charge is -2.20. The maximum atomic E-state index is 13.0. The summed E-state index contributed by atoms with van der Waals surface area (Å²) < 4.78 is 28.4. The predicted molar refractivity (Wildman–Crippen MR) is 126 cm³/mol. The van der Waals surface area contributed by atoms with E-state index in [1.165, 1.54) is 30.3 Å². The van der Waals surface area contributed by atoms with Crippen molar-refractivity contribution in [3.63, 3.8) is 0 Å². The Morgan fingerprint density at radius 2 is 1.45 bits per heavy atom. The van der Waals surface area contributed by atoms with E-state index in [2.05, 4.69) is 10.0 Å². The second-order valence-corrected chi connectivity index (χ2v) is 9.92. The van der Waals surface area contributed by atoms with E-state index in [1.807, 2.05) is 6.07 Å². The lowest BCUT2D eigenvalue weighted by Crippen LogP contribution is -2.45. The molecule has 0 saturated carbocycles. The van der Waals surface area contributed by atoms with E-state index in [0.29, 0.717) is 5.02 Å². The maximum absolute atomic E-state index is 13.0. The summed E-state index contributed by atoms with van der Waals surface area (Å²) in [6.07, 6.45) is 0.0856. The Kier molecular flexibility index (Phi) is 7.86. The van der Waals surface area contributed by atoms with Gasteiger partial charge in [-0.05, 0) is 48.4 Å². The van der Waals surface area contributed by atoms with Crippen molar-refractivity contribution in [1.82, 2.24) is 4.72 Å². The summed E-state index contributed by atoms with van der Waals surface area (Å²) in [6, 6.07) is 16.4. The van der Waals surface area contributed by atoms with Gasteiger partial charge in [0.05, 0.1) is 15.7 Å². The van der Waals surface area contributed by atoms with Crippen LogP contribution in [-0.2, 0) is 21.2 Å². The highest BCUT2D eigenvalue weighted by atomic mass is 35.5. The summed E-state index contributed by atoms with van der Waals surface area (Å²) in [5.41, 5.74) is 1.01. The van der Waals surface area contributed by atoms with Crippen LogP contribution in [0.2, 0.25) is 20.1 Å². The molecular formula is C21H16Cl4N2O3S. The Morgan fingerprint density at radius 3 is 2.13 bits per heavy atom. The van der Waals surface area contributed by atoms with Crippen molar-refractivity contribution in [1.29, 1.82) is 0 Å². The van der Waals surface area contributed by atoms with Crippen molar-refractivity contribution in [2.24, 2.45) is 0 Å².